The summed E-state index contributed by atoms with van der Waals surface area (Å²) < 4.78 is 0. The molecule has 0 saturated carbocycles. The molecule has 0 aliphatic heterocycles. The van der Waals surface area contributed by atoms with Crippen molar-refractivity contribution in [3.8, 4) is 0 Å². The van der Waals surface area contributed by atoms with Crippen LogP contribution in [0.3, 0.4) is 0 Å². The number of carbonyl (C=O) groups is 1. The van der Waals surface area contributed by atoms with Crippen LogP contribution in [0.25, 0.3) is 0 Å². The molecule has 0 radical (unpaired) electrons. The van der Waals surface area contributed by atoms with Crippen LogP contribution in [0.4, 0.5) is 0 Å². The minimum Gasteiger partial charge on any atom is -0.352 e. The Labute approximate surface area is 120 Å². The average molecular weight is 296 g/mol. The molecule has 0 aliphatic carbocycles. The number of aromatic nitrogens is 2. The highest BCUT2D eigenvalue weighted by Crippen LogP contribution is 2.17. The van der Waals surface area contributed by atoms with Crippen LogP contribution in [-0.2, 0) is 6.42 Å². The first kappa shape index (κ1) is 13.8. The van der Waals surface area contributed by atoms with Crippen LogP contribution in [0.15, 0.2) is 36.8 Å². The van der Waals surface area contributed by atoms with E-state index in [-0.39, 0.29) is 16.1 Å². The number of carbonyl (C=O) groups excluding carboxylic acids is 1. The SMILES string of the molecule is O=C(NCCc1cccnc1)c1cc(Cl)ncc1Cl. The van der Waals surface area contributed by atoms with E-state index >= 15 is 0 Å². The van der Waals surface area contributed by atoms with Gasteiger partial charge in [0.25, 0.3) is 5.91 Å². The third-order valence-corrected chi connectivity index (χ3v) is 3.00. The van der Waals surface area contributed by atoms with Gasteiger partial charge in [0.05, 0.1) is 10.6 Å². The second kappa shape index (κ2) is 6.50. The number of nitrogens with zero attached hydrogens (tertiary/aromatic N) is 2. The molecule has 0 atom stereocenters. The van der Waals surface area contributed by atoms with Gasteiger partial charge in [-0.1, -0.05) is 29.3 Å². The zero-order valence-electron chi connectivity index (χ0n) is 9.94. The Morgan fingerprint density at radius 2 is 2.16 bits per heavy atom. The van der Waals surface area contributed by atoms with E-state index in [0.717, 1.165) is 5.56 Å². The molecular weight excluding hydrogens is 285 g/mol. The minimum atomic E-state index is -0.266. The fourth-order valence-corrected chi connectivity index (χ4v) is 1.90. The van der Waals surface area contributed by atoms with E-state index in [1.54, 1.807) is 12.4 Å². The maximum Gasteiger partial charge on any atom is 0.252 e. The second-order valence-corrected chi connectivity index (χ2v) is 4.65. The van der Waals surface area contributed by atoms with Crippen LogP contribution >= 0.6 is 23.2 Å². The van der Waals surface area contributed by atoms with E-state index in [1.807, 2.05) is 12.1 Å². The Balaban J connectivity index is 1.93. The van der Waals surface area contributed by atoms with Crippen LogP contribution in [0.1, 0.15) is 15.9 Å². The summed E-state index contributed by atoms with van der Waals surface area (Å²) in [7, 11) is 0. The first-order valence-electron chi connectivity index (χ1n) is 5.65. The Kier molecular flexibility index (Phi) is 4.71. The topological polar surface area (TPSA) is 54.9 Å². The molecule has 0 spiro atoms. The highest BCUT2D eigenvalue weighted by Gasteiger charge is 2.11. The first-order chi connectivity index (χ1) is 9.16. The summed E-state index contributed by atoms with van der Waals surface area (Å²) >= 11 is 11.6. The molecule has 2 rings (SSSR count). The normalized spacial score (nSPS) is 10.2. The van der Waals surface area contributed by atoms with Gasteiger partial charge in [0.2, 0.25) is 0 Å². The predicted molar refractivity (Wildman–Crippen MR) is 74.5 cm³/mol. The quantitative estimate of drug-likeness (QED) is 0.883. The highest BCUT2D eigenvalue weighted by atomic mass is 35.5. The van der Waals surface area contributed by atoms with E-state index in [9.17, 15) is 4.79 Å². The van der Waals surface area contributed by atoms with Gasteiger partial charge in [0, 0.05) is 25.1 Å². The zero-order chi connectivity index (χ0) is 13.7. The minimum absolute atomic E-state index is 0.238. The number of hydrogen-bond acceptors (Lipinski definition) is 3. The van der Waals surface area contributed by atoms with E-state index in [2.05, 4.69) is 15.3 Å². The number of amides is 1. The van der Waals surface area contributed by atoms with Crippen molar-refractivity contribution in [1.29, 1.82) is 0 Å². The third kappa shape index (κ3) is 3.91. The zero-order valence-corrected chi connectivity index (χ0v) is 11.4. The van der Waals surface area contributed by atoms with E-state index in [0.29, 0.717) is 18.5 Å². The van der Waals surface area contributed by atoms with Gasteiger partial charge in [-0.2, -0.15) is 0 Å². The lowest BCUT2D eigenvalue weighted by Gasteiger charge is -2.06. The lowest BCUT2D eigenvalue weighted by atomic mass is 10.2. The van der Waals surface area contributed by atoms with Gasteiger partial charge in [-0.15, -0.1) is 0 Å². The number of hydrogen-bond donors (Lipinski definition) is 1. The maximum absolute atomic E-state index is 11.9. The van der Waals surface area contributed by atoms with Crippen molar-refractivity contribution in [2.75, 3.05) is 6.54 Å². The van der Waals surface area contributed by atoms with Gasteiger partial charge in [-0.25, -0.2) is 4.98 Å². The van der Waals surface area contributed by atoms with Gasteiger partial charge in [-0.05, 0) is 24.1 Å². The predicted octanol–water partition coefficient (Wildman–Crippen LogP) is 2.76. The molecule has 0 bridgehead atoms. The number of halogens is 2. The first-order valence-corrected chi connectivity index (χ1v) is 6.40. The summed E-state index contributed by atoms with van der Waals surface area (Å²) in [6.45, 7) is 0.501. The molecule has 2 aromatic heterocycles. The van der Waals surface area contributed by atoms with E-state index in [4.69, 9.17) is 23.2 Å². The standard InChI is InChI=1S/C13H11Cl2N3O/c14-11-8-18-12(15)6-10(11)13(19)17-5-3-9-2-1-4-16-7-9/h1-2,4,6-8H,3,5H2,(H,17,19). The Morgan fingerprint density at radius 1 is 1.32 bits per heavy atom. The van der Waals surface area contributed by atoms with Crippen LogP contribution in [0, 0.1) is 0 Å². The van der Waals surface area contributed by atoms with Gasteiger partial charge < -0.3 is 5.32 Å². The lowest BCUT2D eigenvalue weighted by Crippen LogP contribution is -2.26. The van der Waals surface area contributed by atoms with Crippen LogP contribution < -0.4 is 5.32 Å². The Bertz CT molecular complexity index is 575. The fourth-order valence-electron chi connectivity index (χ4n) is 1.55. The molecule has 0 fully saturated rings. The lowest BCUT2D eigenvalue weighted by molar-refractivity contribution is 0.0954. The monoisotopic (exact) mass is 295 g/mol. The smallest absolute Gasteiger partial charge is 0.252 e. The van der Waals surface area contributed by atoms with E-state index < -0.39 is 0 Å². The van der Waals surface area contributed by atoms with Crippen molar-refractivity contribution in [2.24, 2.45) is 0 Å². The number of rotatable bonds is 4. The van der Waals surface area contributed by atoms with Crippen LogP contribution in [-0.4, -0.2) is 22.4 Å². The molecule has 6 heteroatoms. The second-order valence-electron chi connectivity index (χ2n) is 3.85. The molecule has 0 unspecified atom stereocenters. The van der Waals surface area contributed by atoms with Crippen molar-refractivity contribution in [3.63, 3.8) is 0 Å². The molecule has 0 aliphatic rings. The maximum atomic E-state index is 11.9. The van der Waals surface area contributed by atoms with Gasteiger partial charge in [-0.3, -0.25) is 9.78 Å². The van der Waals surface area contributed by atoms with Crippen LogP contribution in [0.2, 0.25) is 10.2 Å². The Morgan fingerprint density at radius 3 is 2.89 bits per heavy atom. The summed E-state index contributed by atoms with van der Waals surface area (Å²) in [5.74, 6) is -0.266. The molecule has 2 aromatic rings. The largest absolute Gasteiger partial charge is 0.352 e. The van der Waals surface area contributed by atoms with Crippen LogP contribution in [0.5, 0.6) is 0 Å². The molecule has 4 nitrogen and oxygen atoms in total. The van der Waals surface area contributed by atoms with Crippen molar-refractivity contribution >= 4 is 29.1 Å². The van der Waals surface area contributed by atoms with Crippen molar-refractivity contribution in [2.45, 2.75) is 6.42 Å². The van der Waals surface area contributed by atoms with Gasteiger partial charge >= 0.3 is 0 Å². The van der Waals surface area contributed by atoms with Crippen molar-refractivity contribution in [1.82, 2.24) is 15.3 Å². The molecule has 98 valence electrons. The molecule has 1 amide bonds. The fraction of sp³-hybridized carbons (Fsp3) is 0.154. The molecular formula is C13H11Cl2N3O. The van der Waals surface area contributed by atoms with E-state index in [1.165, 1.54) is 12.3 Å². The molecule has 0 aromatic carbocycles. The summed E-state index contributed by atoms with van der Waals surface area (Å²) in [6.07, 6.45) is 5.54. The number of pyridine rings is 2. The average Bonchev–Trinajstić information content (AvgIpc) is 2.42. The Hall–Kier alpha value is -1.65. The summed E-state index contributed by atoms with van der Waals surface area (Å²) in [4.78, 5) is 19.7. The van der Waals surface area contributed by atoms with Gasteiger partial charge in [0.15, 0.2) is 0 Å². The number of nitrogens with one attached hydrogen (secondary N) is 1. The third-order valence-electron chi connectivity index (χ3n) is 2.49. The molecule has 0 saturated heterocycles. The summed E-state index contributed by atoms with van der Waals surface area (Å²) in [5.41, 5.74) is 1.38. The molecule has 19 heavy (non-hydrogen) atoms. The molecule has 2 heterocycles. The highest BCUT2D eigenvalue weighted by molar-refractivity contribution is 6.35. The summed E-state index contributed by atoms with van der Waals surface area (Å²) in [6, 6.07) is 5.26. The van der Waals surface area contributed by atoms with Crippen molar-refractivity contribution < 1.29 is 4.79 Å². The van der Waals surface area contributed by atoms with Crippen molar-refractivity contribution in [3.05, 3.63) is 58.1 Å². The summed E-state index contributed by atoms with van der Waals surface area (Å²) in [5, 5.41) is 3.30. The molecule has 1 N–H and O–H groups in total. The van der Waals surface area contributed by atoms with Gasteiger partial charge in [0.1, 0.15) is 5.15 Å².